The average Bonchev–Trinajstić information content (AvgIpc) is 2.86. The summed E-state index contributed by atoms with van der Waals surface area (Å²) < 4.78 is 0. The molecule has 3 atom stereocenters. The Morgan fingerprint density at radius 2 is 2.32 bits per heavy atom. The molecule has 1 N–H and O–H groups in total. The van der Waals surface area contributed by atoms with Crippen LogP contribution >= 0.6 is 11.3 Å². The molecule has 0 amide bonds. The molecule has 1 saturated carbocycles. The molecule has 0 spiro atoms. The van der Waals surface area contributed by atoms with E-state index in [0.717, 1.165) is 17.9 Å². The van der Waals surface area contributed by atoms with E-state index < -0.39 is 0 Å². The Morgan fingerprint density at radius 1 is 1.42 bits per heavy atom. The van der Waals surface area contributed by atoms with Crippen LogP contribution in [0.5, 0.6) is 0 Å². The standard InChI is InChI=1S/C16H26N2S/c1-12-3-4-15(17-2)14(9-12)11-18-7-5-16-13(10-18)6-8-19-16/h6,8,12,14-15,17H,3-5,7,9-11H2,1-2H3. The zero-order valence-corrected chi connectivity index (χ0v) is 13.0. The van der Waals surface area contributed by atoms with Crippen LogP contribution in [-0.2, 0) is 13.0 Å². The number of thiophene rings is 1. The highest BCUT2D eigenvalue weighted by Gasteiger charge is 2.30. The molecular formula is C16H26N2S. The second-order valence-electron chi connectivity index (χ2n) is 6.43. The van der Waals surface area contributed by atoms with Gasteiger partial charge in [-0.3, -0.25) is 4.90 Å². The summed E-state index contributed by atoms with van der Waals surface area (Å²) >= 11 is 1.94. The van der Waals surface area contributed by atoms with Crippen molar-refractivity contribution >= 4 is 11.3 Å². The average molecular weight is 278 g/mol. The lowest BCUT2D eigenvalue weighted by molar-refractivity contribution is 0.140. The summed E-state index contributed by atoms with van der Waals surface area (Å²) in [5.41, 5.74) is 1.58. The highest BCUT2D eigenvalue weighted by molar-refractivity contribution is 7.10. The Bertz CT molecular complexity index is 415. The van der Waals surface area contributed by atoms with E-state index in [2.05, 4.69) is 35.6 Å². The summed E-state index contributed by atoms with van der Waals surface area (Å²) in [6.45, 7) is 6.15. The predicted molar refractivity (Wildman–Crippen MR) is 82.7 cm³/mol. The third-order valence-corrected chi connectivity index (χ3v) is 6.02. The van der Waals surface area contributed by atoms with Crippen molar-refractivity contribution < 1.29 is 0 Å². The van der Waals surface area contributed by atoms with Crippen LogP contribution in [0.15, 0.2) is 11.4 Å². The van der Waals surface area contributed by atoms with Crippen molar-refractivity contribution in [3.63, 3.8) is 0 Å². The van der Waals surface area contributed by atoms with Crippen molar-refractivity contribution in [2.45, 2.75) is 45.2 Å². The third-order valence-electron chi connectivity index (χ3n) is 4.99. The largest absolute Gasteiger partial charge is 0.317 e. The molecule has 3 unspecified atom stereocenters. The van der Waals surface area contributed by atoms with Gasteiger partial charge in [-0.25, -0.2) is 0 Å². The lowest BCUT2D eigenvalue weighted by Crippen LogP contribution is -2.45. The molecule has 106 valence electrons. The van der Waals surface area contributed by atoms with E-state index >= 15 is 0 Å². The van der Waals surface area contributed by atoms with Gasteiger partial charge in [-0.05, 0) is 61.6 Å². The van der Waals surface area contributed by atoms with E-state index in [1.807, 2.05) is 11.3 Å². The molecule has 3 rings (SSSR count). The fourth-order valence-corrected chi connectivity index (χ4v) is 4.76. The summed E-state index contributed by atoms with van der Waals surface area (Å²) in [6, 6.07) is 3.06. The van der Waals surface area contributed by atoms with E-state index in [9.17, 15) is 0 Å². The van der Waals surface area contributed by atoms with E-state index in [1.165, 1.54) is 45.3 Å². The summed E-state index contributed by atoms with van der Waals surface area (Å²) in [5.74, 6) is 1.75. The maximum Gasteiger partial charge on any atom is 0.0245 e. The minimum absolute atomic E-state index is 0.736. The monoisotopic (exact) mass is 278 g/mol. The van der Waals surface area contributed by atoms with Crippen molar-refractivity contribution in [1.29, 1.82) is 0 Å². The maximum atomic E-state index is 3.55. The summed E-state index contributed by atoms with van der Waals surface area (Å²) in [7, 11) is 2.14. The molecule has 0 bridgehead atoms. The fourth-order valence-electron chi connectivity index (χ4n) is 3.87. The van der Waals surface area contributed by atoms with Gasteiger partial charge in [-0.2, -0.15) is 0 Å². The smallest absolute Gasteiger partial charge is 0.0245 e. The minimum Gasteiger partial charge on any atom is -0.317 e. The first-order valence-corrected chi connectivity index (χ1v) is 8.59. The first-order valence-electron chi connectivity index (χ1n) is 7.71. The molecule has 1 aliphatic carbocycles. The molecule has 2 nitrogen and oxygen atoms in total. The van der Waals surface area contributed by atoms with Crippen molar-refractivity contribution in [3.05, 3.63) is 21.9 Å². The van der Waals surface area contributed by atoms with Gasteiger partial charge in [-0.1, -0.05) is 6.92 Å². The lowest BCUT2D eigenvalue weighted by Gasteiger charge is -2.39. The quantitative estimate of drug-likeness (QED) is 0.914. The third kappa shape index (κ3) is 3.04. The Labute approximate surface area is 121 Å². The molecule has 1 aromatic rings. The van der Waals surface area contributed by atoms with Crippen LogP contribution in [0.1, 0.15) is 36.6 Å². The van der Waals surface area contributed by atoms with Gasteiger partial charge in [0.2, 0.25) is 0 Å². The number of nitrogens with zero attached hydrogens (tertiary/aromatic N) is 1. The lowest BCUT2D eigenvalue weighted by atomic mass is 9.78. The highest BCUT2D eigenvalue weighted by Crippen LogP contribution is 2.31. The van der Waals surface area contributed by atoms with Gasteiger partial charge >= 0.3 is 0 Å². The molecule has 0 aromatic carbocycles. The topological polar surface area (TPSA) is 15.3 Å². The molecule has 2 heterocycles. The predicted octanol–water partition coefficient (Wildman–Crippen LogP) is 3.13. The van der Waals surface area contributed by atoms with Crippen molar-refractivity contribution in [3.8, 4) is 0 Å². The van der Waals surface area contributed by atoms with Crippen LogP contribution in [0.25, 0.3) is 0 Å². The van der Waals surface area contributed by atoms with Crippen LogP contribution in [0.4, 0.5) is 0 Å². The van der Waals surface area contributed by atoms with Crippen LogP contribution < -0.4 is 5.32 Å². The number of hydrogen-bond acceptors (Lipinski definition) is 3. The van der Waals surface area contributed by atoms with Gasteiger partial charge in [-0.15, -0.1) is 11.3 Å². The van der Waals surface area contributed by atoms with Crippen molar-refractivity contribution in [1.82, 2.24) is 10.2 Å². The Kier molecular flexibility index (Phi) is 4.25. The van der Waals surface area contributed by atoms with E-state index in [0.29, 0.717) is 0 Å². The van der Waals surface area contributed by atoms with Crippen LogP contribution in [0.3, 0.4) is 0 Å². The first kappa shape index (κ1) is 13.6. The molecule has 19 heavy (non-hydrogen) atoms. The Morgan fingerprint density at radius 3 is 3.16 bits per heavy atom. The van der Waals surface area contributed by atoms with Crippen LogP contribution in [0.2, 0.25) is 0 Å². The molecule has 1 aliphatic heterocycles. The van der Waals surface area contributed by atoms with E-state index in [1.54, 1.807) is 10.4 Å². The normalized spacial score (nSPS) is 32.2. The molecule has 1 fully saturated rings. The Hall–Kier alpha value is -0.380. The van der Waals surface area contributed by atoms with Gasteiger partial charge in [0.05, 0.1) is 0 Å². The molecule has 2 aliphatic rings. The van der Waals surface area contributed by atoms with E-state index in [4.69, 9.17) is 0 Å². The first-order chi connectivity index (χ1) is 9.26. The highest BCUT2D eigenvalue weighted by atomic mass is 32.1. The second-order valence-corrected chi connectivity index (χ2v) is 7.43. The summed E-state index contributed by atoms with van der Waals surface area (Å²) in [4.78, 5) is 4.31. The zero-order chi connectivity index (χ0) is 13.2. The molecule has 0 saturated heterocycles. The van der Waals surface area contributed by atoms with Gasteiger partial charge in [0, 0.05) is 30.6 Å². The maximum absolute atomic E-state index is 3.55. The van der Waals surface area contributed by atoms with Gasteiger partial charge in [0.25, 0.3) is 0 Å². The second kappa shape index (κ2) is 5.94. The van der Waals surface area contributed by atoms with Gasteiger partial charge < -0.3 is 5.32 Å². The summed E-state index contributed by atoms with van der Waals surface area (Å²) in [5, 5.41) is 5.81. The molecular weight excluding hydrogens is 252 g/mol. The number of nitrogens with one attached hydrogen (secondary N) is 1. The molecule has 3 heteroatoms. The van der Waals surface area contributed by atoms with Crippen LogP contribution in [0, 0.1) is 11.8 Å². The van der Waals surface area contributed by atoms with E-state index in [-0.39, 0.29) is 0 Å². The number of rotatable bonds is 3. The number of fused-ring (bicyclic) bond motifs is 1. The van der Waals surface area contributed by atoms with Gasteiger partial charge in [0.1, 0.15) is 0 Å². The fraction of sp³-hybridized carbons (Fsp3) is 0.750. The SMILES string of the molecule is CNC1CCC(C)CC1CN1CCc2sccc2C1. The number of hydrogen-bond donors (Lipinski definition) is 1. The molecule has 0 radical (unpaired) electrons. The Balaban J connectivity index is 1.61. The van der Waals surface area contributed by atoms with Crippen molar-refractivity contribution in [2.75, 3.05) is 20.1 Å². The molecule has 1 aromatic heterocycles. The summed E-state index contributed by atoms with van der Waals surface area (Å²) in [6.07, 6.45) is 5.43. The zero-order valence-electron chi connectivity index (χ0n) is 12.2. The van der Waals surface area contributed by atoms with Crippen molar-refractivity contribution in [2.24, 2.45) is 11.8 Å². The van der Waals surface area contributed by atoms with Crippen LogP contribution in [-0.4, -0.2) is 31.1 Å². The minimum atomic E-state index is 0.736. The van der Waals surface area contributed by atoms with Gasteiger partial charge in [0.15, 0.2) is 0 Å².